The zero-order valence-electron chi connectivity index (χ0n) is 13.0. The van der Waals surface area contributed by atoms with Crippen LogP contribution in [-0.2, 0) is 9.53 Å². The predicted molar refractivity (Wildman–Crippen MR) is 88.0 cm³/mol. The smallest absolute Gasteiger partial charge is 0.225 e. The summed E-state index contributed by atoms with van der Waals surface area (Å²) in [5.74, 6) is 0.0643. The summed E-state index contributed by atoms with van der Waals surface area (Å²) in [5, 5.41) is 4.09. The first-order valence-corrected chi connectivity index (χ1v) is 7.87. The van der Waals surface area contributed by atoms with E-state index in [0.717, 1.165) is 49.1 Å². The van der Waals surface area contributed by atoms with Crippen LogP contribution in [0.15, 0.2) is 30.5 Å². The Hall–Kier alpha value is -1.85. The van der Waals surface area contributed by atoms with Crippen molar-refractivity contribution in [2.45, 2.75) is 25.4 Å². The maximum atomic E-state index is 12.1. The molecule has 1 atom stereocenters. The normalized spacial score (nSPS) is 19.4. The molecule has 1 aliphatic rings. The number of carbonyl (C=O) groups is 1. The highest BCUT2D eigenvalue weighted by Crippen LogP contribution is 2.18. The number of nitrogens with zero attached hydrogens (tertiary/aromatic N) is 1. The van der Waals surface area contributed by atoms with Gasteiger partial charge < -0.3 is 19.9 Å². The van der Waals surface area contributed by atoms with Gasteiger partial charge in [0.2, 0.25) is 5.91 Å². The van der Waals surface area contributed by atoms with Crippen LogP contribution in [-0.4, -0.2) is 48.6 Å². The lowest BCUT2D eigenvalue weighted by Crippen LogP contribution is -2.40. The zero-order valence-corrected chi connectivity index (χ0v) is 13.0. The fourth-order valence-corrected chi connectivity index (χ4v) is 3.02. The molecule has 2 heterocycles. The van der Waals surface area contributed by atoms with Crippen LogP contribution in [0.5, 0.6) is 0 Å². The van der Waals surface area contributed by atoms with Gasteiger partial charge in [0, 0.05) is 49.4 Å². The molecule has 1 aromatic heterocycles. The third kappa shape index (κ3) is 3.67. The second-order valence-corrected chi connectivity index (χ2v) is 5.88. The summed E-state index contributed by atoms with van der Waals surface area (Å²) in [4.78, 5) is 17.6. The highest BCUT2D eigenvalue weighted by atomic mass is 16.5. The molecule has 0 saturated carbocycles. The number of carbonyl (C=O) groups excluding carboxylic acids is 1. The average molecular weight is 301 g/mol. The lowest BCUT2D eigenvalue weighted by Gasteiger charge is -2.31. The molecule has 118 valence electrons. The number of anilines is 1. The SMILES string of the molecule is COC1CCCN(CCC(=O)Nc2ccc3[nH]ccc3c2)C1. The number of fused-ring (bicyclic) bond motifs is 1. The second kappa shape index (κ2) is 6.94. The molecule has 0 radical (unpaired) electrons. The van der Waals surface area contributed by atoms with Crippen molar-refractivity contribution >= 4 is 22.5 Å². The molecule has 1 aromatic carbocycles. The summed E-state index contributed by atoms with van der Waals surface area (Å²) in [5.41, 5.74) is 1.93. The fourth-order valence-electron chi connectivity index (χ4n) is 3.02. The largest absolute Gasteiger partial charge is 0.380 e. The molecule has 2 aromatic rings. The molecule has 1 unspecified atom stereocenters. The molecule has 1 amide bonds. The van der Waals surface area contributed by atoms with Crippen LogP contribution >= 0.6 is 0 Å². The second-order valence-electron chi connectivity index (χ2n) is 5.88. The number of benzene rings is 1. The number of H-pyrrole nitrogens is 1. The number of aromatic nitrogens is 1. The van der Waals surface area contributed by atoms with Gasteiger partial charge in [-0.3, -0.25) is 4.79 Å². The van der Waals surface area contributed by atoms with Gasteiger partial charge in [0.1, 0.15) is 0 Å². The highest BCUT2D eigenvalue weighted by molar-refractivity contribution is 5.93. The van der Waals surface area contributed by atoms with Crippen molar-refractivity contribution in [2.75, 3.05) is 32.1 Å². The quantitative estimate of drug-likeness (QED) is 0.892. The minimum Gasteiger partial charge on any atom is -0.380 e. The number of rotatable bonds is 5. The van der Waals surface area contributed by atoms with E-state index in [1.165, 1.54) is 0 Å². The van der Waals surface area contributed by atoms with Crippen LogP contribution < -0.4 is 5.32 Å². The average Bonchev–Trinajstić information content (AvgIpc) is 3.01. The summed E-state index contributed by atoms with van der Waals surface area (Å²) in [7, 11) is 1.76. The Kier molecular flexibility index (Phi) is 4.75. The van der Waals surface area contributed by atoms with Crippen LogP contribution in [0.25, 0.3) is 10.9 Å². The van der Waals surface area contributed by atoms with Gasteiger partial charge in [-0.25, -0.2) is 0 Å². The standard InChI is InChI=1S/C17H23N3O2/c1-22-15-3-2-9-20(12-15)10-7-17(21)19-14-4-5-16-13(11-14)6-8-18-16/h4-6,8,11,15,18H,2-3,7,9-10,12H2,1H3,(H,19,21). The van der Waals surface area contributed by atoms with E-state index in [9.17, 15) is 4.79 Å². The van der Waals surface area contributed by atoms with E-state index in [2.05, 4.69) is 15.2 Å². The van der Waals surface area contributed by atoms with Gasteiger partial charge in [0.15, 0.2) is 0 Å². The van der Waals surface area contributed by atoms with Crippen LogP contribution in [0.4, 0.5) is 5.69 Å². The van der Waals surface area contributed by atoms with Gasteiger partial charge in [0.25, 0.3) is 0 Å². The third-order valence-corrected chi connectivity index (χ3v) is 4.29. The molecular weight excluding hydrogens is 278 g/mol. The van der Waals surface area contributed by atoms with Crippen LogP contribution in [0.1, 0.15) is 19.3 Å². The van der Waals surface area contributed by atoms with E-state index in [4.69, 9.17) is 4.74 Å². The minimum absolute atomic E-state index is 0.0643. The topological polar surface area (TPSA) is 57.4 Å². The first kappa shape index (κ1) is 15.1. The molecule has 0 spiro atoms. The Morgan fingerprint density at radius 2 is 2.36 bits per heavy atom. The number of amides is 1. The van der Waals surface area contributed by atoms with E-state index in [1.54, 1.807) is 7.11 Å². The summed E-state index contributed by atoms with van der Waals surface area (Å²) < 4.78 is 5.41. The lowest BCUT2D eigenvalue weighted by atomic mass is 10.1. The number of methoxy groups -OCH3 is 1. The number of nitrogens with one attached hydrogen (secondary N) is 2. The van der Waals surface area contributed by atoms with Crippen LogP contribution in [0, 0.1) is 0 Å². The van der Waals surface area contributed by atoms with E-state index in [-0.39, 0.29) is 5.91 Å². The Labute approximate surface area is 130 Å². The van der Waals surface area contributed by atoms with Crippen molar-refractivity contribution in [1.29, 1.82) is 0 Å². The van der Waals surface area contributed by atoms with Crippen molar-refractivity contribution in [2.24, 2.45) is 0 Å². The van der Waals surface area contributed by atoms with Crippen LogP contribution in [0.3, 0.4) is 0 Å². The number of likely N-dealkylation sites (tertiary alicyclic amines) is 1. The number of piperidine rings is 1. The molecule has 1 aliphatic heterocycles. The van der Waals surface area contributed by atoms with E-state index in [0.29, 0.717) is 12.5 Å². The fraction of sp³-hybridized carbons (Fsp3) is 0.471. The van der Waals surface area contributed by atoms with Gasteiger partial charge in [0.05, 0.1) is 6.10 Å². The minimum atomic E-state index is 0.0643. The predicted octanol–water partition coefficient (Wildman–Crippen LogP) is 2.61. The maximum Gasteiger partial charge on any atom is 0.225 e. The molecular formula is C17H23N3O2. The molecule has 0 bridgehead atoms. The Balaban J connectivity index is 1.49. The number of ether oxygens (including phenoxy) is 1. The van der Waals surface area contributed by atoms with Crippen LogP contribution in [0.2, 0.25) is 0 Å². The summed E-state index contributed by atoms with van der Waals surface area (Å²) in [6.45, 7) is 2.78. The van der Waals surface area contributed by atoms with Crippen molar-refractivity contribution in [1.82, 2.24) is 9.88 Å². The molecule has 3 rings (SSSR count). The molecule has 1 saturated heterocycles. The van der Waals surface area contributed by atoms with E-state index in [1.807, 2.05) is 30.5 Å². The summed E-state index contributed by atoms with van der Waals surface area (Å²) >= 11 is 0. The Morgan fingerprint density at radius 1 is 1.45 bits per heavy atom. The van der Waals surface area contributed by atoms with Crippen molar-refractivity contribution in [3.05, 3.63) is 30.5 Å². The van der Waals surface area contributed by atoms with Crippen molar-refractivity contribution in [3.63, 3.8) is 0 Å². The molecule has 22 heavy (non-hydrogen) atoms. The van der Waals surface area contributed by atoms with Gasteiger partial charge in [-0.1, -0.05) is 0 Å². The van der Waals surface area contributed by atoms with Crippen molar-refractivity contribution < 1.29 is 9.53 Å². The molecule has 0 aliphatic carbocycles. The van der Waals surface area contributed by atoms with Gasteiger partial charge in [-0.2, -0.15) is 0 Å². The molecule has 2 N–H and O–H groups in total. The highest BCUT2D eigenvalue weighted by Gasteiger charge is 2.19. The summed E-state index contributed by atoms with van der Waals surface area (Å²) in [6.07, 6.45) is 4.99. The maximum absolute atomic E-state index is 12.1. The number of hydrogen-bond donors (Lipinski definition) is 2. The Morgan fingerprint density at radius 3 is 3.23 bits per heavy atom. The van der Waals surface area contributed by atoms with Gasteiger partial charge in [-0.15, -0.1) is 0 Å². The lowest BCUT2D eigenvalue weighted by molar-refractivity contribution is -0.116. The third-order valence-electron chi connectivity index (χ3n) is 4.29. The Bertz CT molecular complexity index is 638. The summed E-state index contributed by atoms with van der Waals surface area (Å²) in [6, 6.07) is 7.91. The van der Waals surface area contributed by atoms with Gasteiger partial charge in [-0.05, 0) is 43.7 Å². The molecule has 1 fully saturated rings. The first-order valence-electron chi connectivity index (χ1n) is 7.87. The first-order chi connectivity index (χ1) is 10.7. The molecule has 5 nitrogen and oxygen atoms in total. The zero-order chi connectivity index (χ0) is 15.4. The molecule has 5 heteroatoms. The number of hydrogen-bond acceptors (Lipinski definition) is 3. The van der Waals surface area contributed by atoms with E-state index < -0.39 is 0 Å². The van der Waals surface area contributed by atoms with E-state index >= 15 is 0 Å². The van der Waals surface area contributed by atoms with Crippen molar-refractivity contribution in [3.8, 4) is 0 Å². The van der Waals surface area contributed by atoms with Gasteiger partial charge >= 0.3 is 0 Å². The monoisotopic (exact) mass is 301 g/mol. The number of aromatic amines is 1.